The van der Waals surface area contributed by atoms with Crippen LogP contribution in [-0.4, -0.2) is 43.1 Å². The smallest absolute Gasteiger partial charge is 0.324 e. The first-order valence-electron chi connectivity index (χ1n) is 10.2. The maximum Gasteiger partial charge on any atom is 0.324 e. The summed E-state index contributed by atoms with van der Waals surface area (Å²) in [7, 11) is 0. The molecule has 6 heteroatoms. The Bertz CT molecular complexity index is 881. The van der Waals surface area contributed by atoms with Crippen molar-refractivity contribution in [2.24, 2.45) is 5.92 Å². The summed E-state index contributed by atoms with van der Waals surface area (Å²) in [6.45, 7) is 4.70. The fraction of sp³-hybridized carbons (Fsp3) is 0.391. The van der Waals surface area contributed by atoms with Gasteiger partial charge in [0, 0.05) is 19.6 Å². The second kappa shape index (κ2) is 8.55. The molecular weight excluding hydrogens is 366 g/mol. The van der Waals surface area contributed by atoms with Gasteiger partial charge in [0.1, 0.15) is 12.4 Å². The van der Waals surface area contributed by atoms with E-state index in [9.17, 15) is 9.59 Å². The van der Waals surface area contributed by atoms with E-state index in [1.807, 2.05) is 60.4 Å². The zero-order valence-corrected chi connectivity index (χ0v) is 16.8. The van der Waals surface area contributed by atoms with Crippen LogP contribution >= 0.6 is 0 Å². The van der Waals surface area contributed by atoms with E-state index in [2.05, 4.69) is 5.32 Å². The van der Waals surface area contributed by atoms with Gasteiger partial charge in [0.05, 0.1) is 18.2 Å². The predicted octanol–water partition coefficient (Wildman–Crippen LogP) is 3.34. The van der Waals surface area contributed by atoms with Gasteiger partial charge >= 0.3 is 6.03 Å². The van der Waals surface area contributed by atoms with Gasteiger partial charge in [-0.05, 0) is 37.5 Å². The predicted molar refractivity (Wildman–Crippen MR) is 112 cm³/mol. The highest BCUT2D eigenvalue weighted by molar-refractivity contribution is 5.94. The van der Waals surface area contributed by atoms with Crippen molar-refractivity contribution in [3.63, 3.8) is 0 Å². The molecule has 0 unspecified atom stereocenters. The van der Waals surface area contributed by atoms with Gasteiger partial charge < -0.3 is 15.0 Å². The molecule has 1 fully saturated rings. The Balaban J connectivity index is 1.37. The van der Waals surface area contributed by atoms with Crippen LogP contribution in [0.15, 0.2) is 48.5 Å². The van der Waals surface area contributed by atoms with Gasteiger partial charge in [0.25, 0.3) is 0 Å². The third-order valence-corrected chi connectivity index (χ3v) is 5.61. The fourth-order valence-electron chi connectivity index (χ4n) is 3.94. The van der Waals surface area contributed by atoms with Crippen LogP contribution in [0, 0.1) is 12.8 Å². The molecule has 2 aromatic carbocycles. The lowest BCUT2D eigenvalue weighted by Crippen LogP contribution is -2.52. The number of benzene rings is 2. The topological polar surface area (TPSA) is 61.9 Å². The number of ether oxygens (including phenoxy) is 1. The Labute approximate surface area is 171 Å². The van der Waals surface area contributed by atoms with Crippen molar-refractivity contribution in [2.75, 3.05) is 31.1 Å². The van der Waals surface area contributed by atoms with Crippen LogP contribution in [0.2, 0.25) is 0 Å². The van der Waals surface area contributed by atoms with Crippen molar-refractivity contribution in [3.05, 3.63) is 59.7 Å². The van der Waals surface area contributed by atoms with Gasteiger partial charge in [-0.2, -0.15) is 0 Å². The van der Waals surface area contributed by atoms with Crippen molar-refractivity contribution in [1.82, 2.24) is 10.2 Å². The molecule has 4 rings (SSSR count). The molecular formula is C23H27N3O3. The molecule has 152 valence electrons. The SMILES string of the molecule is Cc1ccc(CNC(=O)[C@H]2CCCN(C(=O)N3CCOc4ccccc43)C2)cc1. The third-order valence-electron chi connectivity index (χ3n) is 5.61. The zero-order chi connectivity index (χ0) is 20.2. The highest BCUT2D eigenvalue weighted by Crippen LogP contribution is 2.32. The summed E-state index contributed by atoms with van der Waals surface area (Å²) < 4.78 is 5.66. The monoisotopic (exact) mass is 393 g/mol. The number of anilines is 1. The maximum absolute atomic E-state index is 13.2. The average Bonchev–Trinajstić information content (AvgIpc) is 2.77. The Morgan fingerprint density at radius 1 is 1.10 bits per heavy atom. The highest BCUT2D eigenvalue weighted by Gasteiger charge is 2.33. The summed E-state index contributed by atoms with van der Waals surface area (Å²) in [5.41, 5.74) is 3.08. The number of hydrogen-bond donors (Lipinski definition) is 1. The van der Waals surface area contributed by atoms with Crippen molar-refractivity contribution in [3.8, 4) is 5.75 Å². The number of likely N-dealkylation sites (tertiary alicyclic amines) is 1. The number of nitrogens with one attached hydrogen (secondary N) is 1. The standard InChI is InChI=1S/C23H27N3O3/c1-17-8-10-18(11-9-17)15-24-22(27)19-5-4-12-25(16-19)23(28)26-13-14-29-21-7-3-2-6-20(21)26/h2-3,6-11,19H,4-5,12-16H2,1H3,(H,24,27)/t19-/m0/s1. The molecule has 2 heterocycles. The van der Waals surface area contributed by atoms with Gasteiger partial charge in [-0.1, -0.05) is 42.0 Å². The molecule has 0 saturated carbocycles. The van der Waals surface area contributed by atoms with E-state index in [-0.39, 0.29) is 17.9 Å². The van der Waals surface area contributed by atoms with E-state index in [1.54, 1.807) is 4.90 Å². The molecule has 0 spiro atoms. The summed E-state index contributed by atoms with van der Waals surface area (Å²) in [5, 5.41) is 3.03. The number of carbonyl (C=O) groups excluding carboxylic acids is 2. The minimum Gasteiger partial charge on any atom is -0.490 e. The largest absolute Gasteiger partial charge is 0.490 e. The lowest BCUT2D eigenvalue weighted by atomic mass is 9.97. The van der Waals surface area contributed by atoms with Gasteiger partial charge in [-0.25, -0.2) is 4.79 Å². The summed E-state index contributed by atoms with van der Waals surface area (Å²) in [6.07, 6.45) is 1.64. The molecule has 1 N–H and O–H groups in total. The molecule has 0 bridgehead atoms. The molecule has 2 aromatic rings. The minimum atomic E-state index is -0.172. The normalized spacial score (nSPS) is 18.6. The van der Waals surface area contributed by atoms with E-state index < -0.39 is 0 Å². The Morgan fingerprint density at radius 3 is 2.72 bits per heavy atom. The van der Waals surface area contributed by atoms with Crippen molar-refractivity contribution in [1.29, 1.82) is 0 Å². The summed E-state index contributed by atoms with van der Waals surface area (Å²) in [5.74, 6) is 0.580. The lowest BCUT2D eigenvalue weighted by Gasteiger charge is -2.37. The number of aryl methyl sites for hydroxylation is 1. The lowest BCUT2D eigenvalue weighted by molar-refractivity contribution is -0.126. The quantitative estimate of drug-likeness (QED) is 0.870. The molecule has 3 amide bonds. The molecule has 2 aliphatic heterocycles. The van der Waals surface area contributed by atoms with Crippen LogP contribution in [0.3, 0.4) is 0 Å². The summed E-state index contributed by atoms with van der Waals surface area (Å²) in [6, 6.07) is 15.7. The number of carbonyl (C=O) groups is 2. The van der Waals surface area contributed by atoms with E-state index in [1.165, 1.54) is 5.56 Å². The van der Waals surface area contributed by atoms with Crippen molar-refractivity contribution < 1.29 is 14.3 Å². The van der Waals surface area contributed by atoms with Crippen LogP contribution in [0.4, 0.5) is 10.5 Å². The molecule has 29 heavy (non-hydrogen) atoms. The van der Waals surface area contributed by atoms with Crippen LogP contribution < -0.4 is 15.0 Å². The van der Waals surface area contributed by atoms with Crippen LogP contribution in [0.5, 0.6) is 5.75 Å². The van der Waals surface area contributed by atoms with E-state index in [0.29, 0.717) is 32.8 Å². The number of rotatable bonds is 3. The average molecular weight is 393 g/mol. The molecule has 0 aliphatic carbocycles. The number of fused-ring (bicyclic) bond motifs is 1. The Hall–Kier alpha value is -3.02. The maximum atomic E-state index is 13.2. The summed E-state index contributed by atoms with van der Waals surface area (Å²) >= 11 is 0. The second-order valence-electron chi connectivity index (χ2n) is 7.74. The second-order valence-corrected chi connectivity index (χ2v) is 7.74. The van der Waals surface area contributed by atoms with Crippen LogP contribution in [0.25, 0.3) is 0 Å². The van der Waals surface area contributed by atoms with E-state index >= 15 is 0 Å². The fourth-order valence-corrected chi connectivity index (χ4v) is 3.94. The zero-order valence-electron chi connectivity index (χ0n) is 16.8. The number of piperidine rings is 1. The van der Waals surface area contributed by atoms with Gasteiger partial charge in [0.15, 0.2) is 0 Å². The third kappa shape index (κ3) is 4.36. The van der Waals surface area contributed by atoms with Crippen molar-refractivity contribution in [2.45, 2.75) is 26.3 Å². The van der Waals surface area contributed by atoms with E-state index in [0.717, 1.165) is 29.8 Å². The minimum absolute atomic E-state index is 0.0189. The van der Waals surface area contributed by atoms with Gasteiger partial charge in [0.2, 0.25) is 5.91 Å². The molecule has 1 saturated heterocycles. The first-order valence-corrected chi connectivity index (χ1v) is 10.2. The Kier molecular flexibility index (Phi) is 5.69. The molecule has 0 radical (unpaired) electrons. The number of para-hydroxylation sites is 2. The van der Waals surface area contributed by atoms with Crippen LogP contribution in [-0.2, 0) is 11.3 Å². The number of amides is 3. The van der Waals surface area contributed by atoms with Crippen LogP contribution in [0.1, 0.15) is 24.0 Å². The first kappa shape index (κ1) is 19.3. The van der Waals surface area contributed by atoms with Crippen molar-refractivity contribution >= 4 is 17.6 Å². The highest BCUT2D eigenvalue weighted by atomic mass is 16.5. The Morgan fingerprint density at radius 2 is 1.90 bits per heavy atom. The number of hydrogen-bond acceptors (Lipinski definition) is 3. The summed E-state index contributed by atoms with van der Waals surface area (Å²) in [4.78, 5) is 29.4. The molecule has 1 atom stereocenters. The molecule has 2 aliphatic rings. The van der Waals surface area contributed by atoms with Gasteiger partial charge in [-0.15, -0.1) is 0 Å². The number of urea groups is 1. The first-order chi connectivity index (χ1) is 14.1. The molecule has 6 nitrogen and oxygen atoms in total. The van der Waals surface area contributed by atoms with Gasteiger partial charge in [-0.3, -0.25) is 9.69 Å². The van der Waals surface area contributed by atoms with E-state index in [4.69, 9.17) is 4.74 Å². The molecule has 0 aromatic heterocycles. The number of nitrogens with zero attached hydrogens (tertiary/aromatic N) is 2.